The SMILES string of the molecule is C[C@H](c1cc(Cl)cc(Cl)c1)N1CCC(COc2cc(F)c(C(=O)N3C4CCCC4C[C@@H]3C(=O)O)cc2C2CC2)CC1. The Morgan fingerprint density at radius 2 is 1.73 bits per heavy atom. The second kappa shape index (κ2) is 11.7. The number of halogens is 3. The number of aliphatic carboxylic acids is 1. The van der Waals surface area contributed by atoms with Crippen molar-refractivity contribution in [1.29, 1.82) is 0 Å². The first-order valence-electron chi connectivity index (χ1n) is 14.9. The van der Waals surface area contributed by atoms with E-state index in [0.717, 1.165) is 69.2 Å². The minimum Gasteiger partial charge on any atom is -0.493 e. The lowest BCUT2D eigenvalue weighted by Crippen LogP contribution is -2.45. The number of carboxylic acids is 1. The lowest BCUT2D eigenvalue weighted by atomic mass is 9.95. The Kier molecular flexibility index (Phi) is 8.23. The summed E-state index contributed by atoms with van der Waals surface area (Å²) in [5.41, 5.74) is 1.94. The monoisotopic (exact) mass is 602 g/mol. The van der Waals surface area contributed by atoms with Gasteiger partial charge in [0.05, 0.1) is 12.2 Å². The fourth-order valence-corrected chi connectivity index (χ4v) is 7.80. The Labute approximate surface area is 250 Å². The highest BCUT2D eigenvalue weighted by atomic mass is 35.5. The van der Waals surface area contributed by atoms with E-state index >= 15 is 4.39 Å². The van der Waals surface area contributed by atoms with Crippen LogP contribution in [-0.2, 0) is 4.79 Å². The maximum Gasteiger partial charge on any atom is 0.326 e. The van der Waals surface area contributed by atoms with Crippen LogP contribution in [0.2, 0.25) is 10.0 Å². The number of benzene rings is 2. The van der Waals surface area contributed by atoms with Crippen molar-refractivity contribution in [3.63, 3.8) is 0 Å². The van der Waals surface area contributed by atoms with Crippen LogP contribution in [0.4, 0.5) is 4.39 Å². The Morgan fingerprint density at radius 3 is 2.39 bits per heavy atom. The number of ether oxygens (including phenoxy) is 1. The quantitative estimate of drug-likeness (QED) is 0.342. The van der Waals surface area contributed by atoms with E-state index in [4.69, 9.17) is 27.9 Å². The van der Waals surface area contributed by atoms with Crippen LogP contribution in [0.15, 0.2) is 30.3 Å². The van der Waals surface area contributed by atoms with Crippen LogP contribution < -0.4 is 4.74 Å². The molecule has 1 amide bonds. The van der Waals surface area contributed by atoms with Crippen molar-refractivity contribution in [2.45, 2.75) is 82.3 Å². The summed E-state index contributed by atoms with van der Waals surface area (Å²) >= 11 is 12.4. The first-order chi connectivity index (χ1) is 19.7. The van der Waals surface area contributed by atoms with Gasteiger partial charge in [0, 0.05) is 28.2 Å². The van der Waals surface area contributed by atoms with Gasteiger partial charge in [0.25, 0.3) is 5.91 Å². The number of nitrogens with zero attached hydrogens (tertiary/aromatic N) is 2. The Bertz CT molecular complexity index is 1310. The number of hydrogen-bond acceptors (Lipinski definition) is 4. The van der Waals surface area contributed by atoms with Gasteiger partial charge in [-0.2, -0.15) is 0 Å². The summed E-state index contributed by atoms with van der Waals surface area (Å²) in [5, 5.41) is 11.1. The number of likely N-dealkylation sites (tertiary alicyclic amines) is 2. The van der Waals surface area contributed by atoms with Crippen LogP contribution in [0.1, 0.15) is 91.7 Å². The van der Waals surface area contributed by atoms with E-state index in [-0.39, 0.29) is 29.5 Å². The third-order valence-electron chi connectivity index (χ3n) is 9.74. The van der Waals surface area contributed by atoms with Crippen molar-refractivity contribution in [2.75, 3.05) is 19.7 Å². The van der Waals surface area contributed by atoms with Gasteiger partial charge in [-0.25, -0.2) is 9.18 Å². The number of amides is 1. The molecule has 2 aliphatic heterocycles. The highest BCUT2D eigenvalue weighted by Gasteiger charge is 2.49. The molecule has 2 aliphatic carbocycles. The van der Waals surface area contributed by atoms with Gasteiger partial charge in [0.1, 0.15) is 17.6 Å². The summed E-state index contributed by atoms with van der Waals surface area (Å²) in [7, 11) is 0. The normalized spacial score (nSPS) is 25.8. The minimum absolute atomic E-state index is 0.0264. The summed E-state index contributed by atoms with van der Waals surface area (Å²) < 4.78 is 21.8. The van der Waals surface area contributed by atoms with Crippen molar-refractivity contribution in [3.05, 3.63) is 62.9 Å². The van der Waals surface area contributed by atoms with Crippen molar-refractivity contribution in [2.24, 2.45) is 11.8 Å². The summed E-state index contributed by atoms with van der Waals surface area (Å²) in [5.74, 6) is -0.848. The van der Waals surface area contributed by atoms with Gasteiger partial charge < -0.3 is 14.7 Å². The highest BCUT2D eigenvalue weighted by Crippen LogP contribution is 2.47. The predicted molar refractivity (Wildman–Crippen MR) is 156 cm³/mol. The second-order valence-corrected chi connectivity index (χ2v) is 13.2. The zero-order valence-corrected chi connectivity index (χ0v) is 24.8. The fraction of sp³-hybridized carbons (Fsp3) is 0.562. The van der Waals surface area contributed by atoms with Crippen LogP contribution in [0.3, 0.4) is 0 Å². The summed E-state index contributed by atoms with van der Waals surface area (Å²) in [6, 6.07) is 7.87. The standard InChI is InChI=1S/C32H37Cl2FN2O4/c1-18(22-11-23(33)14-24(34)12-22)36-9-7-19(8-10-36)17-41-30-16-27(35)26(15-25(30)20-5-6-20)31(38)37-28-4-2-3-21(28)13-29(37)32(39)40/h11-12,14-16,18-21,28-29H,2-10,13,17H2,1H3,(H,39,40)/t18-,21?,28?,29-/m1/s1. The number of carbonyl (C=O) groups excluding carboxylic acids is 1. The molecular weight excluding hydrogens is 566 g/mol. The predicted octanol–water partition coefficient (Wildman–Crippen LogP) is 7.33. The Morgan fingerprint density at radius 1 is 1.02 bits per heavy atom. The van der Waals surface area contributed by atoms with Crippen molar-refractivity contribution in [1.82, 2.24) is 9.80 Å². The summed E-state index contributed by atoms with van der Waals surface area (Å²) in [6.45, 7) is 4.49. The van der Waals surface area contributed by atoms with Crippen LogP contribution in [0.5, 0.6) is 5.75 Å². The molecule has 2 heterocycles. The molecule has 0 radical (unpaired) electrons. The Balaban J connectivity index is 1.12. The zero-order valence-electron chi connectivity index (χ0n) is 23.3. The zero-order chi connectivity index (χ0) is 28.8. The van der Waals surface area contributed by atoms with Gasteiger partial charge >= 0.3 is 5.97 Å². The fourth-order valence-electron chi connectivity index (χ4n) is 7.26. The molecule has 0 spiro atoms. The number of hydrogen-bond donors (Lipinski definition) is 1. The molecule has 4 atom stereocenters. The molecule has 220 valence electrons. The molecule has 41 heavy (non-hydrogen) atoms. The van der Waals surface area contributed by atoms with E-state index in [2.05, 4.69) is 11.8 Å². The van der Waals surface area contributed by atoms with Crippen molar-refractivity contribution < 1.29 is 23.8 Å². The average Bonchev–Trinajstić information content (AvgIpc) is 3.57. The van der Waals surface area contributed by atoms with E-state index in [1.54, 1.807) is 12.1 Å². The molecule has 0 bridgehead atoms. The molecule has 6 nitrogen and oxygen atoms in total. The number of piperidine rings is 1. The van der Waals surface area contributed by atoms with Crippen molar-refractivity contribution >= 4 is 35.1 Å². The second-order valence-electron chi connectivity index (χ2n) is 12.4. The smallest absolute Gasteiger partial charge is 0.326 e. The molecule has 2 unspecified atom stereocenters. The van der Waals surface area contributed by atoms with Gasteiger partial charge in [0.2, 0.25) is 0 Å². The molecule has 1 N–H and O–H groups in total. The molecule has 2 aromatic rings. The van der Waals surface area contributed by atoms with Crippen LogP contribution >= 0.6 is 23.2 Å². The average molecular weight is 604 g/mol. The lowest BCUT2D eigenvalue weighted by Gasteiger charge is -2.36. The van der Waals surface area contributed by atoms with E-state index in [0.29, 0.717) is 34.7 Å². The summed E-state index contributed by atoms with van der Waals surface area (Å²) in [6.07, 6.45) is 7.01. The molecule has 2 saturated carbocycles. The molecular formula is C32H37Cl2FN2O4. The maximum atomic E-state index is 15.5. The largest absolute Gasteiger partial charge is 0.493 e. The van der Waals surface area contributed by atoms with Gasteiger partial charge in [-0.3, -0.25) is 9.69 Å². The first-order valence-corrected chi connectivity index (χ1v) is 15.7. The van der Waals surface area contributed by atoms with Gasteiger partial charge in [-0.15, -0.1) is 0 Å². The molecule has 4 fully saturated rings. The molecule has 9 heteroatoms. The molecule has 0 aromatic heterocycles. The van der Waals surface area contributed by atoms with Crippen molar-refractivity contribution in [3.8, 4) is 5.75 Å². The third kappa shape index (κ3) is 5.95. The molecule has 4 aliphatic rings. The van der Waals surface area contributed by atoms with Crippen LogP contribution in [0, 0.1) is 17.7 Å². The first kappa shape index (κ1) is 28.8. The Hall–Kier alpha value is -2.35. The van der Waals surface area contributed by atoms with Gasteiger partial charge in [0.15, 0.2) is 0 Å². The molecule has 2 aromatic carbocycles. The molecule has 6 rings (SSSR count). The topological polar surface area (TPSA) is 70.1 Å². The maximum absolute atomic E-state index is 15.5. The lowest BCUT2D eigenvalue weighted by molar-refractivity contribution is -0.141. The number of rotatable bonds is 8. The number of fused-ring (bicyclic) bond motifs is 1. The number of carboxylic acid groups (broad SMARTS) is 1. The molecule has 2 saturated heterocycles. The van der Waals surface area contributed by atoms with Gasteiger partial charge in [-0.1, -0.05) is 29.6 Å². The van der Waals surface area contributed by atoms with E-state index in [1.807, 2.05) is 12.1 Å². The minimum atomic E-state index is -1.01. The number of carbonyl (C=O) groups is 2. The van der Waals surface area contributed by atoms with Crippen LogP contribution in [0.25, 0.3) is 0 Å². The highest BCUT2D eigenvalue weighted by molar-refractivity contribution is 6.34. The summed E-state index contributed by atoms with van der Waals surface area (Å²) in [4.78, 5) is 29.5. The van der Waals surface area contributed by atoms with Gasteiger partial charge in [-0.05, 0) is 118 Å². The van der Waals surface area contributed by atoms with Crippen LogP contribution in [-0.4, -0.2) is 58.6 Å². The van der Waals surface area contributed by atoms with E-state index in [9.17, 15) is 14.7 Å². The third-order valence-corrected chi connectivity index (χ3v) is 10.2. The van der Waals surface area contributed by atoms with E-state index < -0.39 is 23.7 Å². The van der Waals surface area contributed by atoms with E-state index in [1.165, 1.54) is 11.0 Å².